The predicted octanol–water partition coefficient (Wildman–Crippen LogP) is 4.78. The van der Waals surface area contributed by atoms with Crippen LogP contribution in [-0.4, -0.2) is 10.9 Å². The molecule has 2 heterocycles. The zero-order valence-corrected chi connectivity index (χ0v) is 13.3. The van der Waals surface area contributed by atoms with E-state index in [0.717, 1.165) is 39.3 Å². The Balaban J connectivity index is 1.59. The summed E-state index contributed by atoms with van der Waals surface area (Å²) in [6.07, 6.45) is 2.31. The first-order valence-corrected chi connectivity index (χ1v) is 8.27. The summed E-state index contributed by atoms with van der Waals surface area (Å²) in [5, 5.41) is 2.89. The van der Waals surface area contributed by atoms with Gasteiger partial charge in [0, 0.05) is 11.6 Å². The Morgan fingerprint density at radius 1 is 1.33 bits per heavy atom. The van der Waals surface area contributed by atoms with Crippen LogP contribution in [0.5, 0.6) is 0 Å². The topological polar surface area (TPSA) is 55.1 Å². The molecule has 1 N–H and O–H groups in total. The Morgan fingerprint density at radius 2 is 2.19 bits per heavy atom. The number of rotatable bonds is 3. The van der Waals surface area contributed by atoms with E-state index in [1.165, 1.54) is 11.3 Å². The molecule has 0 bridgehead atoms. The van der Waals surface area contributed by atoms with Gasteiger partial charge >= 0.3 is 0 Å². The van der Waals surface area contributed by atoms with E-state index < -0.39 is 0 Å². The average Bonchev–Trinajstić information content (AvgIpc) is 3.09. The molecule has 0 spiro atoms. The lowest BCUT2D eigenvalue weighted by Crippen LogP contribution is -2.09. The van der Waals surface area contributed by atoms with E-state index in [1.807, 2.05) is 24.3 Å². The number of amides is 1. The van der Waals surface area contributed by atoms with Gasteiger partial charge in [-0.25, -0.2) is 4.98 Å². The highest BCUT2D eigenvalue weighted by Gasteiger charge is 2.28. The normalized spacial score (nSPS) is 14.5. The molecule has 21 heavy (non-hydrogen) atoms. The molecule has 1 saturated carbocycles. The number of oxazole rings is 1. The number of aromatic nitrogens is 1. The second-order valence-electron chi connectivity index (χ2n) is 5.07. The summed E-state index contributed by atoms with van der Waals surface area (Å²) in [7, 11) is 0. The van der Waals surface area contributed by atoms with E-state index in [1.54, 1.807) is 6.07 Å². The highest BCUT2D eigenvalue weighted by Crippen LogP contribution is 2.40. The molecule has 1 fully saturated rings. The first-order valence-electron chi connectivity index (χ1n) is 6.66. The summed E-state index contributed by atoms with van der Waals surface area (Å²) in [6, 6.07) is 9.20. The Kier molecular flexibility index (Phi) is 3.08. The van der Waals surface area contributed by atoms with Crippen molar-refractivity contribution in [3.05, 3.63) is 44.9 Å². The van der Waals surface area contributed by atoms with Crippen molar-refractivity contribution in [3.8, 4) is 0 Å². The van der Waals surface area contributed by atoms with Crippen LogP contribution < -0.4 is 5.32 Å². The van der Waals surface area contributed by atoms with Crippen molar-refractivity contribution in [2.24, 2.45) is 0 Å². The molecule has 0 radical (unpaired) electrons. The molecule has 1 aromatic carbocycles. The molecule has 0 aliphatic heterocycles. The molecule has 106 valence electrons. The largest absolute Gasteiger partial charge is 0.440 e. The third kappa shape index (κ3) is 2.61. The van der Waals surface area contributed by atoms with Crippen LogP contribution in [0, 0.1) is 0 Å². The van der Waals surface area contributed by atoms with Crippen molar-refractivity contribution in [2.75, 3.05) is 5.32 Å². The van der Waals surface area contributed by atoms with Gasteiger partial charge in [-0.1, -0.05) is 0 Å². The second kappa shape index (κ2) is 4.96. The fraction of sp³-hybridized carbons (Fsp3) is 0.200. The SMILES string of the molecule is O=C(Nc1ccc2oc(C3CC3)nc2c1)c1ccc(Br)s1. The van der Waals surface area contributed by atoms with Gasteiger partial charge in [0.2, 0.25) is 0 Å². The minimum atomic E-state index is -0.115. The molecule has 4 nitrogen and oxygen atoms in total. The third-order valence-corrected chi connectivity index (χ3v) is 5.01. The number of fused-ring (bicyclic) bond motifs is 1. The maximum absolute atomic E-state index is 12.1. The van der Waals surface area contributed by atoms with Crippen LogP contribution in [-0.2, 0) is 0 Å². The van der Waals surface area contributed by atoms with Crippen molar-refractivity contribution >= 4 is 50.0 Å². The Bertz CT molecular complexity index is 835. The second-order valence-corrected chi connectivity index (χ2v) is 7.53. The van der Waals surface area contributed by atoms with Gasteiger partial charge in [0.1, 0.15) is 5.52 Å². The molecule has 2 aromatic heterocycles. The van der Waals surface area contributed by atoms with Crippen LogP contribution in [0.4, 0.5) is 5.69 Å². The van der Waals surface area contributed by atoms with E-state index in [4.69, 9.17) is 4.42 Å². The molecule has 6 heteroatoms. The number of hydrogen-bond acceptors (Lipinski definition) is 4. The highest BCUT2D eigenvalue weighted by atomic mass is 79.9. The first-order chi connectivity index (χ1) is 10.2. The van der Waals surface area contributed by atoms with Crippen LogP contribution in [0.3, 0.4) is 0 Å². The molecule has 1 aliphatic rings. The van der Waals surface area contributed by atoms with Crippen LogP contribution in [0.15, 0.2) is 38.5 Å². The maximum atomic E-state index is 12.1. The number of nitrogens with zero attached hydrogens (tertiary/aromatic N) is 1. The van der Waals surface area contributed by atoms with E-state index in [-0.39, 0.29) is 5.91 Å². The number of benzene rings is 1. The highest BCUT2D eigenvalue weighted by molar-refractivity contribution is 9.11. The molecular formula is C15H11BrN2O2S. The molecule has 4 rings (SSSR count). The van der Waals surface area contributed by atoms with Crippen molar-refractivity contribution in [2.45, 2.75) is 18.8 Å². The average molecular weight is 363 g/mol. The van der Waals surface area contributed by atoms with Gasteiger partial charge in [-0.15, -0.1) is 11.3 Å². The summed E-state index contributed by atoms with van der Waals surface area (Å²) in [6.45, 7) is 0. The number of carbonyl (C=O) groups is 1. The zero-order valence-electron chi connectivity index (χ0n) is 10.9. The molecule has 1 aliphatic carbocycles. The number of nitrogens with one attached hydrogen (secondary N) is 1. The Morgan fingerprint density at radius 3 is 2.90 bits per heavy atom. The van der Waals surface area contributed by atoms with Crippen molar-refractivity contribution in [1.82, 2.24) is 4.98 Å². The van der Waals surface area contributed by atoms with Gasteiger partial charge in [0.15, 0.2) is 11.5 Å². The zero-order chi connectivity index (χ0) is 14.4. The predicted molar refractivity (Wildman–Crippen MR) is 86.0 cm³/mol. The number of hydrogen-bond donors (Lipinski definition) is 1. The van der Waals surface area contributed by atoms with Gasteiger partial charge in [0.05, 0.1) is 8.66 Å². The lowest BCUT2D eigenvalue weighted by atomic mass is 10.3. The monoisotopic (exact) mass is 362 g/mol. The van der Waals surface area contributed by atoms with Gasteiger partial charge < -0.3 is 9.73 Å². The summed E-state index contributed by atoms with van der Waals surface area (Å²) < 4.78 is 6.65. The van der Waals surface area contributed by atoms with Gasteiger partial charge in [-0.2, -0.15) is 0 Å². The van der Waals surface area contributed by atoms with Gasteiger partial charge in [-0.3, -0.25) is 4.79 Å². The summed E-state index contributed by atoms with van der Waals surface area (Å²) >= 11 is 4.76. The van der Waals surface area contributed by atoms with Crippen LogP contribution >= 0.6 is 27.3 Å². The Labute approximate surface area is 133 Å². The fourth-order valence-corrected chi connectivity index (χ4v) is 3.44. The molecule has 0 unspecified atom stereocenters. The van der Waals surface area contributed by atoms with Gasteiger partial charge in [-0.05, 0) is 59.1 Å². The number of halogens is 1. The lowest BCUT2D eigenvalue weighted by Gasteiger charge is -2.02. The number of thiophene rings is 1. The summed E-state index contributed by atoms with van der Waals surface area (Å²) in [4.78, 5) is 17.3. The van der Waals surface area contributed by atoms with Gasteiger partial charge in [0.25, 0.3) is 5.91 Å². The van der Waals surface area contributed by atoms with E-state index in [2.05, 4.69) is 26.2 Å². The van der Waals surface area contributed by atoms with Crippen LogP contribution in [0.2, 0.25) is 0 Å². The Hall–Kier alpha value is -1.66. The van der Waals surface area contributed by atoms with Crippen molar-refractivity contribution in [3.63, 3.8) is 0 Å². The molecule has 0 saturated heterocycles. The summed E-state index contributed by atoms with van der Waals surface area (Å²) in [5.74, 6) is 1.19. The van der Waals surface area contributed by atoms with Crippen LogP contribution in [0.25, 0.3) is 11.1 Å². The minimum Gasteiger partial charge on any atom is -0.440 e. The first kappa shape index (κ1) is 13.0. The van der Waals surface area contributed by atoms with Crippen LogP contribution in [0.1, 0.15) is 34.3 Å². The van der Waals surface area contributed by atoms with E-state index >= 15 is 0 Å². The quantitative estimate of drug-likeness (QED) is 0.729. The number of anilines is 1. The minimum absolute atomic E-state index is 0.115. The fourth-order valence-electron chi connectivity index (χ4n) is 2.16. The smallest absolute Gasteiger partial charge is 0.265 e. The van der Waals surface area contributed by atoms with Crippen molar-refractivity contribution in [1.29, 1.82) is 0 Å². The molecule has 0 atom stereocenters. The molecular weight excluding hydrogens is 352 g/mol. The maximum Gasteiger partial charge on any atom is 0.265 e. The molecule has 3 aromatic rings. The third-order valence-electron chi connectivity index (χ3n) is 3.39. The lowest BCUT2D eigenvalue weighted by molar-refractivity contribution is 0.103. The summed E-state index contributed by atoms with van der Waals surface area (Å²) in [5.41, 5.74) is 2.29. The van der Waals surface area contributed by atoms with E-state index in [0.29, 0.717) is 10.8 Å². The van der Waals surface area contributed by atoms with Crippen molar-refractivity contribution < 1.29 is 9.21 Å². The van der Waals surface area contributed by atoms with E-state index in [9.17, 15) is 4.79 Å². The standard InChI is InChI=1S/C15H11BrN2O2S/c16-13-6-5-12(21-13)14(19)17-9-3-4-11-10(7-9)18-15(20-11)8-1-2-8/h3-8H,1-2H2,(H,17,19). The molecule has 1 amide bonds. The number of carbonyl (C=O) groups excluding carboxylic acids is 1.